The standard InChI is InChI=1S/C28H25ClN2O4S2/c1-20-7-10-22(29)19-27(20)31-37(33,34)26-15-11-23(12-16-26)30-28(32)21-8-13-24(14-9-21)35-17-18-36-25-5-3-2-4-6-25/h2-16,19,31H,17-18H2,1H3,(H,30,32). The Morgan fingerprint density at radius 3 is 2.32 bits per heavy atom. The van der Waals surface area contributed by atoms with E-state index in [2.05, 4.69) is 22.2 Å². The third kappa shape index (κ3) is 7.52. The predicted molar refractivity (Wildman–Crippen MR) is 150 cm³/mol. The van der Waals surface area contributed by atoms with Crippen molar-refractivity contribution in [2.45, 2.75) is 16.7 Å². The molecule has 0 aliphatic carbocycles. The number of ether oxygens (including phenoxy) is 1. The van der Waals surface area contributed by atoms with Gasteiger partial charge in [0, 0.05) is 26.9 Å². The topological polar surface area (TPSA) is 84.5 Å². The van der Waals surface area contributed by atoms with Crippen LogP contribution < -0.4 is 14.8 Å². The molecule has 0 aliphatic heterocycles. The lowest BCUT2D eigenvalue weighted by Gasteiger charge is -2.12. The van der Waals surface area contributed by atoms with Gasteiger partial charge in [0.05, 0.1) is 17.2 Å². The Morgan fingerprint density at radius 2 is 1.62 bits per heavy atom. The minimum absolute atomic E-state index is 0.0665. The molecule has 4 aromatic carbocycles. The van der Waals surface area contributed by atoms with E-state index in [-0.39, 0.29) is 10.8 Å². The molecular formula is C28H25ClN2O4S2. The molecule has 0 heterocycles. The molecule has 190 valence electrons. The predicted octanol–water partition coefficient (Wildman–Crippen LogP) is 6.87. The number of thioether (sulfide) groups is 1. The second kappa shape index (κ2) is 12.2. The normalized spacial score (nSPS) is 11.1. The first-order valence-electron chi connectivity index (χ1n) is 11.4. The zero-order valence-electron chi connectivity index (χ0n) is 20.0. The summed E-state index contributed by atoms with van der Waals surface area (Å²) in [7, 11) is -3.82. The van der Waals surface area contributed by atoms with Gasteiger partial charge in [0.15, 0.2) is 0 Å². The van der Waals surface area contributed by atoms with Crippen LogP contribution in [0.2, 0.25) is 5.02 Å². The number of benzene rings is 4. The second-order valence-corrected chi connectivity index (χ2v) is 11.4. The molecule has 0 bridgehead atoms. The number of aryl methyl sites for hydroxylation is 1. The van der Waals surface area contributed by atoms with Gasteiger partial charge >= 0.3 is 0 Å². The van der Waals surface area contributed by atoms with Crippen LogP contribution in [0.15, 0.2) is 107 Å². The summed E-state index contributed by atoms with van der Waals surface area (Å²) < 4.78 is 33.8. The summed E-state index contributed by atoms with van der Waals surface area (Å²) in [5.41, 5.74) is 2.09. The van der Waals surface area contributed by atoms with Crippen molar-refractivity contribution in [1.29, 1.82) is 0 Å². The first-order valence-corrected chi connectivity index (χ1v) is 14.3. The van der Waals surface area contributed by atoms with E-state index < -0.39 is 10.0 Å². The van der Waals surface area contributed by atoms with Gasteiger partial charge in [0.2, 0.25) is 0 Å². The fraction of sp³-hybridized carbons (Fsp3) is 0.107. The molecule has 0 aliphatic rings. The molecule has 4 aromatic rings. The van der Waals surface area contributed by atoms with Crippen molar-refractivity contribution in [2.24, 2.45) is 0 Å². The number of hydrogen-bond donors (Lipinski definition) is 2. The molecule has 37 heavy (non-hydrogen) atoms. The van der Waals surface area contributed by atoms with Gasteiger partial charge in [0.25, 0.3) is 15.9 Å². The maximum absolute atomic E-state index is 12.8. The zero-order valence-corrected chi connectivity index (χ0v) is 22.4. The van der Waals surface area contributed by atoms with Gasteiger partial charge in [-0.2, -0.15) is 0 Å². The highest BCUT2D eigenvalue weighted by atomic mass is 35.5. The average molecular weight is 553 g/mol. The molecule has 0 radical (unpaired) electrons. The van der Waals surface area contributed by atoms with Gasteiger partial charge in [-0.05, 0) is 85.3 Å². The minimum Gasteiger partial charge on any atom is -0.493 e. The number of carbonyl (C=O) groups is 1. The number of halogens is 1. The number of anilines is 2. The van der Waals surface area contributed by atoms with Gasteiger partial charge in [-0.1, -0.05) is 35.9 Å². The van der Waals surface area contributed by atoms with Gasteiger partial charge < -0.3 is 10.1 Å². The van der Waals surface area contributed by atoms with E-state index in [0.717, 1.165) is 11.3 Å². The van der Waals surface area contributed by atoms with Crippen LogP contribution in [-0.2, 0) is 10.0 Å². The molecule has 0 saturated heterocycles. The van der Waals surface area contributed by atoms with Crippen molar-refractivity contribution in [3.63, 3.8) is 0 Å². The SMILES string of the molecule is Cc1ccc(Cl)cc1NS(=O)(=O)c1ccc(NC(=O)c2ccc(OCCSc3ccccc3)cc2)cc1. The fourth-order valence-corrected chi connectivity index (χ4v) is 5.41. The van der Waals surface area contributed by atoms with Gasteiger partial charge in [-0.25, -0.2) is 8.42 Å². The second-order valence-electron chi connectivity index (χ2n) is 8.08. The number of carbonyl (C=O) groups excluding carboxylic acids is 1. The zero-order chi connectivity index (χ0) is 26.3. The number of amides is 1. The van der Waals surface area contributed by atoms with E-state index in [1.165, 1.54) is 17.0 Å². The third-order valence-corrected chi connectivity index (χ3v) is 7.94. The monoisotopic (exact) mass is 552 g/mol. The fourth-order valence-electron chi connectivity index (χ4n) is 3.37. The summed E-state index contributed by atoms with van der Waals surface area (Å²) in [5.74, 6) is 1.18. The smallest absolute Gasteiger partial charge is 0.261 e. The molecule has 9 heteroatoms. The molecule has 1 amide bonds. The van der Waals surface area contributed by atoms with E-state index in [1.807, 2.05) is 18.2 Å². The summed E-state index contributed by atoms with van der Waals surface area (Å²) in [5, 5.41) is 3.21. The van der Waals surface area contributed by atoms with Crippen molar-refractivity contribution in [3.8, 4) is 5.75 Å². The van der Waals surface area contributed by atoms with Crippen LogP contribution in [0.25, 0.3) is 0 Å². The van der Waals surface area contributed by atoms with E-state index in [9.17, 15) is 13.2 Å². The summed E-state index contributed by atoms with van der Waals surface area (Å²) in [6.45, 7) is 2.34. The first kappa shape index (κ1) is 26.6. The molecule has 0 spiro atoms. The number of nitrogens with one attached hydrogen (secondary N) is 2. The maximum atomic E-state index is 12.8. The van der Waals surface area contributed by atoms with Gasteiger partial charge in [-0.15, -0.1) is 11.8 Å². The number of hydrogen-bond acceptors (Lipinski definition) is 5. The first-order chi connectivity index (χ1) is 17.8. The lowest BCUT2D eigenvalue weighted by molar-refractivity contribution is 0.102. The molecular weight excluding hydrogens is 528 g/mol. The summed E-state index contributed by atoms with van der Waals surface area (Å²) in [6, 6.07) is 27.9. The molecule has 2 N–H and O–H groups in total. The van der Waals surface area contributed by atoms with E-state index in [0.29, 0.717) is 34.3 Å². The molecule has 0 unspecified atom stereocenters. The van der Waals surface area contributed by atoms with E-state index in [1.54, 1.807) is 73.3 Å². The molecule has 4 rings (SSSR count). The van der Waals surface area contributed by atoms with E-state index >= 15 is 0 Å². The van der Waals surface area contributed by atoms with Crippen molar-refractivity contribution in [3.05, 3.63) is 113 Å². The Balaban J connectivity index is 1.30. The third-order valence-electron chi connectivity index (χ3n) is 5.35. The summed E-state index contributed by atoms with van der Waals surface area (Å²) in [6.07, 6.45) is 0. The van der Waals surface area contributed by atoms with Crippen LogP contribution in [0.3, 0.4) is 0 Å². The van der Waals surface area contributed by atoms with Crippen molar-refractivity contribution < 1.29 is 17.9 Å². The van der Waals surface area contributed by atoms with E-state index in [4.69, 9.17) is 16.3 Å². The Kier molecular flexibility index (Phi) is 8.76. The maximum Gasteiger partial charge on any atom is 0.261 e. The highest BCUT2D eigenvalue weighted by Gasteiger charge is 2.16. The van der Waals surface area contributed by atoms with Crippen molar-refractivity contribution in [2.75, 3.05) is 22.4 Å². The van der Waals surface area contributed by atoms with Crippen LogP contribution in [0, 0.1) is 6.92 Å². The highest BCUT2D eigenvalue weighted by Crippen LogP contribution is 2.24. The van der Waals surface area contributed by atoms with Crippen LogP contribution in [0.5, 0.6) is 5.75 Å². The minimum atomic E-state index is -3.82. The Bertz CT molecular complexity index is 1460. The van der Waals surface area contributed by atoms with Crippen molar-refractivity contribution in [1.82, 2.24) is 0 Å². The van der Waals surface area contributed by atoms with Gasteiger partial charge in [0.1, 0.15) is 5.75 Å². The molecule has 6 nitrogen and oxygen atoms in total. The Hall–Kier alpha value is -3.46. The Morgan fingerprint density at radius 1 is 0.919 bits per heavy atom. The van der Waals surface area contributed by atoms with Crippen LogP contribution in [0.4, 0.5) is 11.4 Å². The summed E-state index contributed by atoms with van der Waals surface area (Å²) >= 11 is 7.70. The summed E-state index contributed by atoms with van der Waals surface area (Å²) in [4.78, 5) is 13.9. The van der Waals surface area contributed by atoms with Crippen LogP contribution in [0.1, 0.15) is 15.9 Å². The lowest BCUT2D eigenvalue weighted by Crippen LogP contribution is -2.14. The number of rotatable bonds is 10. The molecule has 0 atom stereocenters. The largest absolute Gasteiger partial charge is 0.493 e. The Labute approximate surface area is 226 Å². The van der Waals surface area contributed by atoms with Gasteiger partial charge in [-0.3, -0.25) is 9.52 Å². The van der Waals surface area contributed by atoms with Crippen LogP contribution >= 0.6 is 23.4 Å². The van der Waals surface area contributed by atoms with Crippen molar-refractivity contribution >= 4 is 50.7 Å². The molecule has 0 fully saturated rings. The number of sulfonamides is 1. The molecule has 0 saturated carbocycles. The lowest BCUT2D eigenvalue weighted by atomic mass is 10.2. The van der Waals surface area contributed by atoms with Crippen LogP contribution in [-0.4, -0.2) is 26.7 Å². The highest BCUT2D eigenvalue weighted by molar-refractivity contribution is 7.99. The average Bonchev–Trinajstić information content (AvgIpc) is 2.90. The quantitative estimate of drug-likeness (QED) is 0.166. The molecule has 0 aromatic heterocycles.